The lowest BCUT2D eigenvalue weighted by Crippen LogP contribution is -2.32. The number of furan rings is 1. The van der Waals surface area contributed by atoms with Crippen LogP contribution >= 0.6 is 0 Å². The number of halogens is 1. The van der Waals surface area contributed by atoms with Gasteiger partial charge in [-0.3, -0.25) is 9.59 Å². The molecule has 0 unspecified atom stereocenters. The van der Waals surface area contributed by atoms with Gasteiger partial charge in [-0.2, -0.15) is 0 Å². The normalized spacial score (nSPS) is 19.3. The van der Waals surface area contributed by atoms with Crippen LogP contribution < -0.4 is 0 Å². The third-order valence-electron chi connectivity index (χ3n) is 4.47. The maximum absolute atomic E-state index is 13.2. The Morgan fingerprint density at radius 2 is 1.93 bits per heavy atom. The van der Waals surface area contributed by atoms with E-state index in [4.69, 9.17) is 4.42 Å². The van der Waals surface area contributed by atoms with Gasteiger partial charge in [0.15, 0.2) is 0 Å². The lowest BCUT2D eigenvalue weighted by molar-refractivity contribution is -0.140. The van der Waals surface area contributed by atoms with Gasteiger partial charge in [0.05, 0.1) is 11.8 Å². The summed E-state index contributed by atoms with van der Waals surface area (Å²) in [5.74, 6) is -1.87. The van der Waals surface area contributed by atoms with Crippen molar-refractivity contribution in [2.45, 2.75) is 12.5 Å². The Hall–Kier alpha value is -2.93. The van der Waals surface area contributed by atoms with Crippen molar-refractivity contribution in [3.8, 4) is 0 Å². The van der Waals surface area contributed by atoms with Crippen LogP contribution in [0.5, 0.6) is 0 Å². The Labute approximate surface area is 156 Å². The molecule has 1 saturated heterocycles. The Bertz CT molecular complexity index is 857. The van der Waals surface area contributed by atoms with Crippen LogP contribution in [0.4, 0.5) is 4.39 Å². The summed E-state index contributed by atoms with van der Waals surface area (Å²) in [6, 6.07) is 7.61. The van der Waals surface area contributed by atoms with Crippen molar-refractivity contribution in [1.82, 2.24) is 9.80 Å². The molecule has 0 saturated carbocycles. The highest BCUT2D eigenvalue weighted by atomic mass is 19.1. The van der Waals surface area contributed by atoms with Gasteiger partial charge >= 0.3 is 0 Å². The van der Waals surface area contributed by atoms with E-state index >= 15 is 0 Å². The van der Waals surface area contributed by atoms with Crippen LogP contribution in [-0.4, -0.2) is 53.8 Å². The van der Waals surface area contributed by atoms with Gasteiger partial charge in [-0.1, -0.05) is 0 Å². The highest BCUT2D eigenvalue weighted by Gasteiger charge is 2.47. The van der Waals surface area contributed by atoms with Crippen LogP contribution in [0.25, 0.3) is 5.76 Å². The number of rotatable bonds is 6. The van der Waals surface area contributed by atoms with Crippen LogP contribution in [0.2, 0.25) is 0 Å². The van der Waals surface area contributed by atoms with Crippen LogP contribution in [0.15, 0.2) is 52.7 Å². The van der Waals surface area contributed by atoms with Crippen molar-refractivity contribution in [3.05, 3.63) is 65.4 Å². The highest BCUT2D eigenvalue weighted by molar-refractivity contribution is 6.46. The molecule has 1 aromatic heterocycles. The first-order chi connectivity index (χ1) is 12.9. The fourth-order valence-corrected chi connectivity index (χ4v) is 3.17. The van der Waals surface area contributed by atoms with E-state index in [9.17, 15) is 19.1 Å². The Balaban J connectivity index is 2.03. The molecule has 1 N–H and O–H groups in total. The molecule has 2 heterocycles. The number of hydrogen-bond donors (Lipinski definition) is 1. The average molecular weight is 372 g/mol. The molecule has 0 radical (unpaired) electrons. The number of benzene rings is 1. The third-order valence-corrected chi connectivity index (χ3v) is 4.47. The van der Waals surface area contributed by atoms with E-state index in [1.54, 1.807) is 12.1 Å². The molecule has 1 aliphatic heterocycles. The summed E-state index contributed by atoms with van der Waals surface area (Å²) < 4.78 is 18.6. The predicted molar refractivity (Wildman–Crippen MR) is 97.3 cm³/mol. The number of nitrogens with zero attached hydrogens (tertiary/aromatic N) is 2. The molecular formula is C20H21FN2O4. The van der Waals surface area contributed by atoms with Crippen molar-refractivity contribution in [2.24, 2.45) is 0 Å². The number of aliphatic hydroxyl groups excluding tert-OH is 1. The van der Waals surface area contributed by atoms with Gasteiger partial charge in [0.1, 0.15) is 23.4 Å². The molecule has 0 aliphatic carbocycles. The van der Waals surface area contributed by atoms with Gasteiger partial charge in [-0.05, 0) is 63.5 Å². The number of aliphatic hydroxyl groups is 1. The quantitative estimate of drug-likeness (QED) is 0.480. The van der Waals surface area contributed by atoms with E-state index in [0.717, 1.165) is 6.54 Å². The minimum Gasteiger partial charge on any atom is -0.507 e. The van der Waals surface area contributed by atoms with Gasteiger partial charge in [-0.25, -0.2) is 4.39 Å². The number of Topliss-reactive ketones (excluding diaryl/α,β-unsaturated/α-hetero) is 1. The van der Waals surface area contributed by atoms with Gasteiger partial charge in [-0.15, -0.1) is 0 Å². The molecule has 1 aromatic carbocycles. The van der Waals surface area contributed by atoms with Crippen molar-refractivity contribution in [3.63, 3.8) is 0 Å². The highest BCUT2D eigenvalue weighted by Crippen LogP contribution is 2.39. The average Bonchev–Trinajstić information content (AvgIpc) is 3.24. The number of ketones is 1. The van der Waals surface area contributed by atoms with Crippen molar-refractivity contribution < 1.29 is 23.5 Å². The minimum atomic E-state index is -0.813. The lowest BCUT2D eigenvalue weighted by Gasteiger charge is -2.23. The molecule has 2 aromatic rings. The second-order valence-corrected chi connectivity index (χ2v) is 6.67. The molecule has 7 heteroatoms. The third kappa shape index (κ3) is 3.78. The molecule has 142 valence electrons. The fourth-order valence-electron chi connectivity index (χ4n) is 3.17. The summed E-state index contributed by atoms with van der Waals surface area (Å²) in [4.78, 5) is 28.7. The standard InChI is InChI=1S/C20H21FN2O4/c1-22(2)10-4-11-23-17(15-5-3-12-27-15)16(19(25)20(23)26)18(24)13-6-8-14(21)9-7-13/h3,5-9,12,17,24H,4,10-11H2,1-2H3/b18-16+/t17-/m0/s1. The van der Waals surface area contributed by atoms with E-state index in [1.807, 2.05) is 19.0 Å². The number of carbonyl (C=O) groups excluding carboxylic acids is 2. The lowest BCUT2D eigenvalue weighted by atomic mass is 9.99. The van der Waals surface area contributed by atoms with Gasteiger partial charge in [0.25, 0.3) is 11.7 Å². The van der Waals surface area contributed by atoms with Crippen LogP contribution in [-0.2, 0) is 9.59 Å². The molecule has 1 atom stereocenters. The summed E-state index contributed by atoms with van der Waals surface area (Å²) in [6.07, 6.45) is 2.11. The predicted octanol–water partition coefficient (Wildman–Crippen LogP) is 2.79. The van der Waals surface area contributed by atoms with E-state index in [-0.39, 0.29) is 16.9 Å². The van der Waals surface area contributed by atoms with Gasteiger partial charge in [0, 0.05) is 12.1 Å². The van der Waals surface area contributed by atoms with Crippen LogP contribution in [0.3, 0.4) is 0 Å². The second kappa shape index (κ2) is 7.75. The van der Waals surface area contributed by atoms with E-state index < -0.39 is 23.5 Å². The molecule has 6 nitrogen and oxygen atoms in total. The molecule has 1 fully saturated rings. The molecule has 1 amide bonds. The summed E-state index contributed by atoms with van der Waals surface area (Å²) in [5, 5.41) is 10.7. The zero-order chi connectivity index (χ0) is 19.6. The SMILES string of the molecule is CN(C)CCCN1C(=O)C(=O)/C(=C(/O)c2ccc(F)cc2)[C@@H]1c1ccco1. The first-order valence-electron chi connectivity index (χ1n) is 8.62. The first-order valence-corrected chi connectivity index (χ1v) is 8.62. The van der Waals surface area contributed by atoms with E-state index in [2.05, 4.69) is 0 Å². The molecule has 1 aliphatic rings. The smallest absolute Gasteiger partial charge is 0.295 e. The number of amides is 1. The number of hydrogen-bond acceptors (Lipinski definition) is 5. The summed E-state index contributed by atoms with van der Waals surface area (Å²) in [7, 11) is 3.85. The first kappa shape index (κ1) is 18.8. The Morgan fingerprint density at radius 3 is 2.52 bits per heavy atom. The fraction of sp³-hybridized carbons (Fsp3) is 0.300. The van der Waals surface area contributed by atoms with Crippen molar-refractivity contribution in [2.75, 3.05) is 27.2 Å². The number of carbonyl (C=O) groups is 2. The van der Waals surface area contributed by atoms with Crippen molar-refractivity contribution >= 4 is 17.4 Å². The summed E-state index contributed by atoms with van der Waals surface area (Å²) in [5.41, 5.74) is 0.214. The van der Waals surface area contributed by atoms with Crippen LogP contribution in [0, 0.1) is 5.82 Å². The topological polar surface area (TPSA) is 74.0 Å². The maximum atomic E-state index is 13.2. The zero-order valence-electron chi connectivity index (χ0n) is 15.2. The molecule has 27 heavy (non-hydrogen) atoms. The second-order valence-electron chi connectivity index (χ2n) is 6.67. The molecule has 0 bridgehead atoms. The summed E-state index contributed by atoms with van der Waals surface area (Å²) >= 11 is 0. The van der Waals surface area contributed by atoms with Crippen LogP contribution in [0.1, 0.15) is 23.8 Å². The maximum Gasteiger partial charge on any atom is 0.295 e. The monoisotopic (exact) mass is 372 g/mol. The Morgan fingerprint density at radius 1 is 1.22 bits per heavy atom. The Kier molecular flexibility index (Phi) is 5.41. The number of likely N-dealkylation sites (tertiary alicyclic amines) is 1. The van der Waals surface area contributed by atoms with Gasteiger partial charge in [0.2, 0.25) is 0 Å². The molecule has 0 spiro atoms. The largest absolute Gasteiger partial charge is 0.507 e. The van der Waals surface area contributed by atoms with Gasteiger partial charge < -0.3 is 19.3 Å². The van der Waals surface area contributed by atoms with E-state index in [1.165, 1.54) is 35.4 Å². The minimum absolute atomic E-state index is 0.0496. The molecular weight excluding hydrogens is 351 g/mol. The zero-order valence-corrected chi connectivity index (χ0v) is 15.2. The molecule has 3 rings (SSSR count). The van der Waals surface area contributed by atoms with E-state index in [0.29, 0.717) is 18.7 Å². The van der Waals surface area contributed by atoms with Crippen molar-refractivity contribution in [1.29, 1.82) is 0 Å². The summed E-state index contributed by atoms with van der Waals surface area (Å²) in [6.45, 7) is 1.08.